The molecule has 1 nitrogen and oxygen atoms in total. The number of unbranched alkanes of at least 4 members (excludes halogenated alkanes) is 6. The molecule has 1 rings (SSSR count). The highest BCUT2D eigenvalue weighted by Crippen LogP contribution is 2.24. The number of halogens is 1. The zero-order valence-electron chi connectivity index (χ0n) is 13.0. The molecule has 2 heteroatoms. The van der Waals surface area contributed by atoms with E-state index in [0.717, 1.165) is 12.2 Å². The molecular weight excluding hydrogens is 312 g/mol. The first kappa shape index (κ1) is 17.6. The zero-order valence-corrected chi connectivity index (χ0v) is 14.6. The Kier molecular flexibility index (Phi) is 9.82. The second-order valence-electron chi connectivity index (χ2n) is 5.52. The van der Waals surface area contributed by atoms with Crippen molar-refractivity contribution in [3.8, 4) is 5.75 Å². The molecule has 0 aliphatic rings. The monoisotopic (exact) mass is 340 g/mol. The van der Waals surface area contributed by atoms with Gasteiger partial charge in [0.1, 0.15) is 5.75 Å². The predicted molar refractivity (Wildman–Crippen MR) is 92.0 cm³/mol. The molecule has 0 heterocycles. The van der Waals surface area contributed by atoms with E-state index in [-0.39, 0.29) is 0 Å². The van der Waals surface area contributed by atoms with Gasteiger partial charge in [-0.15, -0.1) is 0 Å². The summed E-state index contributed by atoms with van der Waals surface area (Å²) in [5.74, 6) is 1.01. The van der Waals surface area contributed by atoms with Crippen molar-refractivity contribution in [1.29, 1.82) is 0 Å². The Hall–Kier alpha value is -0.500. The summed E-state index contributed by atoms with van der Waals surface area (Å²) in [4.78, 5) is 0.564. The zero-order chi connectivity index (χ0) is 14.6. The summed E-state index contributed by atoms with van der Waals surface area (Å²) in [7, 11) is 1.75. The fourth-order valence-electron chi connectivity index (χ4n) is 2.54. The summed E-state index contributed by atoms with van der Waals surface area (Å²) in [6.45, 7) is 2.27. The van der Waals surface area contributed by atoms with E-state index >= 15 is 0 Å². The summed E-state index contributed by atoms with van der Waals surface area (Å²) < 4.78 is 5.41. The van der Waals surface area contributed by atoms with Gasteiger partial charge >= 0.3 is 0 Å². The lowest BCUT2D eigenvalue weighted by Crippen LogP contribution is -2.04. The number of methoxy groups -OCH3 is 1. The number of para-hydroxylation sites is 1. The van der Waals surface area contributed by atoms with E-state index in [1.165, 1.54) is 56.9 Å². The molecule has 0 spiro atoms. The Morgan fingerprint density at radius 1 is 1.00 bits per heavy atom. The molecule has 0 fully saturated rings. The predicted octanol–water partition coefficient (Wildman–Crippen LogP) is 6.14. The van der Waals surface area contributed by atoms with Crippen molar-refractivity contribution in [1.82, 2.24) is 0 Å². The maximum absolute atomic E-state index is 5.41. The van der Waals surface area contributed by atoms with Crippen LogP contribution in [0.4, 0.5) is 0 Å². The molecule has 1 atom stereocenters. The molecule has 1 unspecified atom stereocenters. The second-order valence-corrected chi connectivity index (χ2v) is 6.82. The normalized spacial score (nSPS) is 12.3. The summed E-state index contributed by atoms with van der Waals surface area (Å²) in [6, 6.07) is 8.33. The van der Waals surface area contributed by atoms with Gasteiger partial charge in [-0.25, -0.2) is 0 Å². The van der Waals surface area contributed by atoms with Crippen LogP contribution in [0.15, 0.2) is 24.3 Å². The molecule has 0 N–H and O–H groups in total. The average Bonchev–Trinajstić information content (AvgIpc) is 2.47. The SMILES string of the molecule is CCCCCCCCCC(Br)Cc1ccccc1OC. The highest BCUT2D eigenvalue weighted by atomic mass is 79.9. The molecule has 0 amide bonds. The Bertz CT molecular complexity index is 351. The fourth-order valence-corrected chi connectivity index (χ4v) is 3.21. The van der Waals surface area contributed by atoms with E-state index in [1.807, 2.05) is 12.1 Å². The van der Waals surface area contributed by atoms with Crippen LogP contribution in [0.3, 0.4) is 0 Å². The molecule has 0 aromatic heterocycles. The molecule has 1 aromatic carbocycles. The minimum absolute atomic E-state index is 0.564. The van der Waals surface area contributed by atoms with Crippen molar-refractivity contribution in [3.63, 3.8) is 0 Å². The third-order valence-electron chi connectivity index (χ3n) is 3.75. The number of hydrogen-bond acceptors (Lipinski definition) is 1. The van der Waals surface area contributed by atoms with Gasteiger partial charge in [-0.1, -0.05) is 86.0 Å². The summed E-state index contributed by atoms with van der Waals surface area (Å²) in [5, 5.41) is 0. The third-order valence-corrected chi connectivity index (χ3v) is 4.54. The lowest BCUT2D eigenvalue weighted by molar-refractivity contribution is 0.409. The van der Waals surface area contributed by atoms with Gasteiger partial charge in [-0.05, 0) is 24.5 Å². The molecular formula is C18H29BrO. The maximum atomic E-state index is 5.41. The molecule has 0 aliphatic heterocycles. The second kappa shape index (κ2) is 11.2. The van der Waals surface area contributed by atoms with Crippen LogP contribution >= 0.6 is 15.9 Å². The highest BCUT2D eigenvalue weighted by Gasteiger charge is 2.09. The Morgan fingerprint density at radius 3 is 2.35 bits per heavy atom. The lowest BCUT2D eigenvalue weighted by atomic mass is 10.0. The van der Waals surface area contributed by atoms with Gasteiger partial charge in [-0.3, -0.25) is 0 Å². The van der Waals surface area contributed by atoms with Crippen molar-refractivity contribution < 1.29 is 4.74 Å². The number of ether oxygens (including phenoxy) is 1. The largest absolute Gasteiger partial charge is 0.496 e. The minimum atomic E-state index is 0.564. The molecule has 1 aromatic rings. The molecule has 0 aliphatic carbocycles. The van der Waals surface area contributed by atoms with Crippen molar-refractivity contribution in [2.45, 2.75) is 69.5 Å². The van der Waals surface area contributed by atoms with E-state index in [2.05, 4.69) is 35.0 Å². The topological polar surface area (TPSA) is 9.23 Å². The highest BCUT2D eigenvalue weighted by molar-refractivity contribution is 9.09. The van der Waals surface area contributed by atoms with Crippen molar-refractivity contribution in [3.05, 3.63) is 29.8 Å². The summed E-state index contributed by atoms with van der Waals surface area (Å²) in [6.07, 6.45) is 12.0. The average molecular weight is 341 g/mol. The van der Waals surface area contributed by atoms with Gasteiger partial charge in [0.2, 0.25) is 0 Å². The van der Waals surface area contributed by atoms with Gasteiger partial charge in [0.15, 0.2) is 0 Å². The van der Waals surface area contributed by atoms with Crippen LogP contribution in [-0.2, 0) is 6.42 Å². The van der Waals surface area contributed by atoms with Crippen molar-refractivity contribution in [2.24, 2.45) is 0 Å². The number of hydrogen-bond donors (Lipinski definition) is 0. The van der Waals surface area contributed by atoms with Gasteiger partial charge in [0.05, 0.1) is 7.11 Å². The van der Waals surface area contributed by atoms with Crippen LogP contribution in [-0.4, -0.2) is 11.9 Å². The number of alkyl halides is 1. The van der Waals surface area contributed by atoms with Crippen LogP contribution in [0.25, 0.3) is 0 Å². The summed E-state index contributed by atoms with van der Waals surface area (Å²) in [5.41, 5.74) is 1.31. The molecule has 0 saturated heterocycles. The first-order valence-corrected chi connectivity index (χ1v) is 8.95. The quantitative estimate of drug-likeness (QED) is 0.347. The van der Waals surface area contributed by atoms with Gasteiger partial charge < -0.3 is 4.74 Å². The number of benzene rings is 1. The Balaban J connectivity index is 2.15. The van der Waals surface area contributed by atoms with E-state index in [4.69, 9.17) is 4.74 Å². The van der Waals surface area contributed by atoms with E-state index in [1.54, 1.807) is 7.11 Å². The smallest absolute Gasteiger partial charge is 0.122 e. The van der Waals surface area contributed by atoms with Gasteiger partial charge in [0, 0.05) is 4.83 Å². The molecule has 0 saturated carbocycles. The third kappa shape index (κ3) is 7.33. The lowest BCUT2D eigenvalue weighted by Gasteiger charge is -2.12. The standard InChI is InChI=1S/C18H29BrO/c1-3-4-5-6-7-8-9-13-17(19)15-16-12-10-11-14-18(16)20-2/h10-12,14,17H,3-9,13,15H2,1-2H3. The maximum Gasteiger partial charge on any atom is 0.122 e. The van der Waals surface area contributed by atoms with E-state index in [0.29, 0.717) is 4.83 Å². The van der Waals surface area contributed by atoms with Crippen LogP contribution in [0.2, 0.25) is 0 Å². The van der Waals surface area contributed by atoms with Gasteiger partial charge in [-0.2, -0.15) is 0 Å². The summed E-state index contributed by atoms with van der Waals surface area (Å²) >= 11 is 3.82. The molecule has 20 heavy (non-hydrogen) atoms. The first-order valence-electron chi connectivity index (χ1n) is 8.04. The Morgan fingerprint density at radius 2 is 1.65 bits per heavy atom. The molecule has 114 valence electrons. The number of rotatable bonds is 11. The van der Waals surface area contributed by atoms with Crippen LogP contribution in [0.5, 0.6) is 5.75 Å². The fraction of sp³-hybridized carbons (Fsp3) is 0.667. The van der Waals surface area contributed by atoms with Crippen molar-refractivity contribution in [2.75, 3.05) is 7.11 Å². The van der Waals surface area contributed by atoms with Crippen LogP contribution < -0.4 is 4.74 Å². The first-order chi connectivity index (χ1) is 9.77. The van der Waals surface area contributed by atoms with Crippen LogP contribution in [0.1, 0.15) is 63.9 Å². The Labute approximate surface area is 133 Å². The minimum Gasteiger partial charge on any atom is -0.496 e. The van der Waals surface area contributed by atoms with Gasteiger partial charge in [0.25, 0.3) is 0 Å². The van der Waals surface area contributed by atoms with Crippen LogP contribution in [0, 0.1) is 0 Å². The molecule has 0 bridgehead atoms. The van der Waals surface area contributed by atoms with E-state index in [9.17, 15) is 0 Å². The molecule has 0 radical (unpaired) electrons. The van der Waals surface area contributed by atoms with E-state index < -0.39 is 0 Å². The van der Waals surface area contributed by atoms with Crippen molar-refractivity contribution >= 4 is 15.9 Å².